The molecule has 2 aromatic rings. The van der Waals surface area contributed by atoms with Crippen LogP contribution in [0.25, 0.3) is 0 Å². The van der Waals surface area contributed by atoms with Crippen LogP contribution < -0.4 is 5.73 Å². The summed E-state index contributed by atoms with van der Waals surface area (Å²) in [5, 5.41) is 8.70. The molecule has 0 bridgehead atoms. The summed E-state index contributed by atoms with van der Waals surface area (Å²) < 4.78 is 26.1. The van der Waals surface area contributed by atoms with Gasteiger partial charge in [0.05, 0.1) is 22.3 Å². The number of hydrogen-bond donors (Lipinski definition) is 1. The number of hydrogen-bond acceptors (Lipinski definition) is 4. The molecule has 104 valence electrons. The lowest BCUT2D eigenvalue weighted by molar-refractivity contribution is 0.589. The summed E-state index contributed by atoms with van der Waals surface area (Å²) in [5.41, 5.74) is 6.92. The molecular formula is C14H15N3O2S. The van der Waals surface area contributed by atoms with Crippen molar-refractivity contribution in [3.63, 3.8) is 0 Å². The van der Waals surface area contributed by atoms with E-state index in [0.29, 0.717) is 18.7 Å². The van der Waals surface area contributed by atoms with E-state index in [-0.39, 0.29) is 10.6 Å². The van der Waals surface area contributed by atoms with Crippen molar-refractivity contribution in [2.75, 3.05) is 5.75 Å². The maximum absolute atomic E-state index is 12.2. The summed E-state index contributed by atoms with van der Waals surface area (Å²) in [6.07, 6.45) is 3.66. The van der Waals surface area contributed by atoms with Gasteiger partial charge in [-0.15, -0.1) is 0 Å². The number of rotatable bonds is 5. The second-order valence-electron chi connectivity index (χ2n) is 4.42. The van der Waals surface area contributed by atoms with Crippen LogP contribution in [0.1, 0.15) is 11.1 Å². The minimum Gasteiger partial charge on any atom is -0.353 e. The minimum atomic E-state index is -3.34. The Morgan fingerprint density at radius 3 is 2.45 bits per heavy atom. The van der Waals surface area contributed by atoms with Crippen LogP contribution in [-0.4, -0.2) is 18.7 Å². The fourth-order valence-corrected chi connectivity index (χ4v) is 3.07. The maximum atomic E-state index is 12.2. The van der Waals surface area contributed by atoms with Crippen LogP contribution in [0.2, 0.25) is 0 Å². The lowest BCUT2D eigenvalue weighted by atomic mass is 10.2. The molecule has 0 fully saturated rings. The molecule has 6 heteroatoms. The zero-order valence-corrected chi connectivity index (χ0v) is 11.7. The van der Waals surface area contributed by atoms with Crippen LogP contribution in [0.4, 0.5) is 0 Å². The Morgan fingerprint density at radius 1 is 1.20 bits per heavy atom. The normalized spacial score (nSPS) is 11.2. The van der Waals surface area contributed by atoms with Crippen molar-refractivity contribution in [3.05, 3.63) is 53.9 Å². The molecule has 0 aliphatic heterocycles. The predicted molar refractivity (Wildman–Crippen MR) is 75.5 cm³/mol. The van der Waals surface area contributed by atoms with Crippen LogP contribution in [0, 0.1) is 11.3 Å². The molecule has 0 spiro atoms. The zero-order chi connectivity index (χ0) is 14.6. The summed E-state index contributed by atoms with van der Waals surface area (Å²) in [6.45, 7) is 0.817. The van der Waals surface area contributed by atoms with Gasteiger partial charge in [0.25, 0.3) is 0 Å². The Hall–Kier alpha value is -2.10. The Morgan fingerprint density at radius 2 is 1.90 bits per heavy atom. The lowest BCUT2D eigenvalue weighted by Crippen LogP contribution is -2.12. The number of aromatic nitrogens is 1. The molecule has 0 unspecified atom stereocenters. The van der Waals surface area contributed by atoms with Crippen LogP contribution >= 0.6 is 0 Å². The van der Waals surface area contributed by atoms with Crippen molar-refractivity contribution < 1.29 is 8.42 Å². The van der Waals surface area contributed by atoms with Crippen molar-refractivity contribution in [1.82, 2.24) is 4.57 Å². The fourth-order valence-electron chi connectivity index (χ4n) is 1.83. The van der Waals surface area contributed by atoms with Crippen molar-refractivity contribution >= 4 is 9.84 Å². The smallest absolute Gasteiger partial charge is 0.180 e. The number of nitrogens with zero attached hydrogens (tertiary/aromatic N) is 2. The first kappa shape index (κ1) is 14.3. The van der Waals surface area contributed by atoms with Gasteiger partial charge in [0.2, 0.25) is 0 Å². The third kappa shape index (κ3) is 3.26. The molecule has 0 aliphatic rings. The van der Waals surface area contributed by atoms with Crippen LogP contribution in [0.15, 0.2) is 47.6 Å². The molecule has 0 radical (unpaired) electrons. The van der Waals surface area contributed by atoms with Crippen LogP contribution in [0.3, 0.4) is 0 Å². The predicted octanol–water partition coefficient (Wildman–Crippen LogP) is 1.29. The zero-order valence-electron chi connectivity index (χ0n) is 10.9. The molecule has 0 amide bonds. The quantitative estimate of drug-likeness (QED) is 0.898. The number of aryl methyl sites for hydroxylation is 1. The Balaban J connectivity index is 2.08. The average molecular weight is 289 g/mol. The van der Waals surface area contributed by atoms with E-state index in [1.165, 1.54) is 24.3 Å². The van der Waals surface area contributed by atoms with Gasteiger partial charge in [-0.05, 0) is 35.9 Å². The summed E-state index contributed by atoms with van der Waals surface area (Å²) in [7, 11) is -3.34. The average Bonchev–Trinajstić information content (AvgIpc) is 2.93. The molecule has 2 N–H and O–H groups in total. The van der Waals surface area contributed by atoms with Crippen LogP contribution in [-0.2, 0) is 22.9 Å². The van der Waals surface area contributed by atoms with E-state index in [2.05, 4.69) is 0 Å². The Kier molecular flexibility index (Phi) is 4.23. The summed E-state index contributed by atoms with van der Waals surface area (Å²) >= 11 is 0. The van der Waals surface area contributed by atoms with E-state index in [0.717, 1.165) is 5.56 Å². The van der Waals surface area contributed by atoms with Gasteiger partial charge in [0, 0.05) is 25.5 Å². The topological polar surface area (TPSA) is 88.9 Å². The fraction of sp³-hybridized carbons (Fsp3) is 0.214. The number of benzene rings is 1. The molecule has 0 saturated heterocycles. The summed E-state index contributed by atoms with van der Waals surface area (Å²) in [6, 6.07) is 9.78. The second kappa shape index (κ2) is 5.90. The van der Waals surface area contributed by atoms with E-state index in [1.807, 2.05) is 29.1 Å². The highest BCUT2D eigenvalue weighted by molar-refractivity contribution is 7.91. The van der Waals surface area contributed by atoms with Gasteiger partial charge in [0.15, 0.2) is 9.84 Å². The van der Waals surface area contributed by atoms with Gasteiger partial charge >= 0.3 is 0 Å². The van der Waals surface area contributed by atoms with Gasteiger partial charge < -0.3 is 10.3 Å². The summed E-state index contributed by atoms with van der Waals surface area (Å²) in [4.78, 5) is 0.239. The highest BCUT2D eigenvalue weighted by atomic mass is 32.2. The monoisotopic (exact) mass is 289 g/mol. The lowest BCUT2D eigenvalue weighted by Gasteiger charge is -2.05. The molecular weight excluding hydrogens is 274 g/mol. The van der Waals surface area contributed by atoms with E-state index >= 15 is 0 Å². The van der Waals surface area contributed by atoms with Crippen molar-refractivity contribution in [2.24, 2.45) is 5.73 Å². The highest BCUT2D eigenvalue weighted by Crippen LogP contribution is 2.13. The molecule has 0 saturated carbocycles. The highest BCUT2D eigenvalue weighted by Gasteiger charge is 2.14. The van der Waals surface area contributed by atoms with Crippen LogP contribution in [0.5, 0.6) is 0 Å². The number of nitriles is 1. The third-order valence-electron chi connectivity index (χ3n) is 3.01. The van der Waals surface area contributed by atoms with E-state index < -0.39 is 9.84 Å². The molecule has 1 aromatic heterocycles. The SMILES string of the molecule is N#Cc1ccc(S(=O)(=O)CCn2ccc(CN)c2)cc1. The van der Waals surface area contributed by atoms with E-state index in [1.54, 1.807) is 0 Å². The van der Waals surface area contributed by atoms with Gasteiger partial charge in [-0.3, -0.25) is 0 Å². The van der Waals surface area contributed by atoms with Crippen molar-refractivity contribution in [1.29, 1.82) is 5.26 Å². The molecule has 0 aliphatic carbocycles. The van der Waals surface area contributed by atoms with Gasteiger partial charge in [-0.1, -0.05) is 0 Å². The van der Waals surface area contributed by atoms with Crippen molar-refractivity contribution in [3.8, 4) is 6.07 Å². The molecule has 1 heterocycles. The molecule has 20 heavy (non-hydrogen) atoms. The largest absolute Gasteiger partial charge is 0.353 e. The van der Waals surface area contributed by atoms with Gasteiger partial charge in [-0.2, -0.15) is 5.26 Å². The maximum Gasteiger partial charge on any atom is 0.180 e. The number of nitrogens with two attached hydrogens (primary N) is 1. The third-order valence-corrected chi connectivity index (χ3v) is 4.72. The van der Waals surface area contributed by atoms with E-state index in [9.17, 15) is 8.42 Å². The first-order chi connectivity index (χ1) is 9.55. The molecule has 1 aromatic carbocycles. The molecule has 0 atom stereocenters. The Bertz CT molecular complexity index is 725. The van der Waals surface area contributed by atoms with Gasteiger partial charge in [0.1, 0.15) is 0 Å². The molecule has 2 rings (SSSR count). The standard InChI is InChI=1S/C14H15N3O2S/c15-9-12-1-3-14(4-2-12)20(18,19)8-7-17-6-5-13(10-16)11-17/h1-6,11H,7-8,10,16H2. The minimum absolute atomic E-state index is 0.0115. The molecule has 5 nitrogen and oxygen atoms in total. The first-order valence-corrected chi connectivity index (χ1v) is 7.78. The Labute approximate surface area is 118 Å². The summed E-state index contributed by atoms with van der Waals surface area (Å²) in [5.74, 6) is 0.0115. The van der Waals surface area contributed by atoms with Gasteiger partial charge in [-0.25, -0.2) is 8.42 Å². The van der Waals surface area contributed by atoms with Crippen molar-refractivity contribution in [2.45, 2.75) is 18.0 Å². The second-order valence-corrected chi connectivity index (χ2v) is 6.53. The first-order valence-electron chi connectivity index (χ1n) is 6.13. The van der Waals surface area contributed by atoms with E-state index in [4.69, 9.17) is 11.0 Å². The number of sulfone groups is 1.